The second kappa shape index (κ2) is 10.8. The van der Waals surface area contributed by atoms with Gasteiger partial charge in [-0.2, -0.15) is 0 Å². The molecular weight excluding hydrogens is 490 g/mol. The first-order chi connectivity index (χ1) is 19.0. The Kier molecular flexibility index (Phi) is 7.08. The van der Waals surface area contributed by atoms with Crippen LogP contribution in [0, 0.1) is 13.8 Å². The zero-order valence-corrected chi connectivity index (χ0v) is 23.1. The highest BCUT2D eigenvalue weighted by molar-refractivity contribution is 5.80. The molecule has 39 heavy (non-hydrogen) atoms. The fourth-order valence-electron chi connectivity index (χ4n) is 6.25. The van der Waals surface area contributed by atoms with E-state index in [0.717, 1.165) is 61.5 Å². The number of piperazine rings is 1. The molecule has 2 fully saturated rings. The highest BCUT2D eigenvalue weighted by atomic mass is 16.5. The number of hydrogen-bond donors (Lipinski definition) is 1. The van der Waals surface area contributed by atoms with E-state index < -0.39 is 0 Å². The maximum atomic E-state index is 13.6. The van der Waals surface area contributed by atoms with Gasteiger partial charge in [0.15, 0.2) is 5.82 Å². The Bertz CT molecular complexity index is 1510. The Morgan fingerprint density at radius 3 is 2.62 bits per heavy atom. The molecule has 204 valence electrons. The molecule has 3 heterocycles. The SMILES string of the molecule is CCOc1ccc2[nH]c(=O)c([C@H](c3nnnn3C3CCCC3)N3CCN(c4cccc(C)c4C)CC3)cc2c1. The van der Waals surface area contributed by atoms with Crippen molar-refractivity contribution in [3.05, 3.63) is 75.3 Å². The summed E-state index contributed by atoms with van der Waals surface area (Å²) in [6, 6.07) is 14.2. The van der Waals surface area contributed by atoms with Crippen molar-refractivity contribution in [2.24, 2.45) is 0 Å². The summed E-state index contributed by atoms with van der Waals surface area (Å²) < 4.78 is 7.74. The van der Waals surface area contributed by atoms with Gasteiger partial charge in [-0.05, 0) is 85.5 Å². The van der Waals surface area contributed by atoms with Crippen LogP contribution in [0.25, 0.3) is 10.9 Å². The minimum atomic E-state index is -0.342. The number of benzene rings is 2. The second-order valence-electron chi connectivity index (χ2n) is 10.8. The third-order valence-electron chi connectivity index (χ3n) is 8.48. The molecule has 2 aliphatic rings. The van der Waals surface area contributed by atoms with E-state index >= 15 is 0 Å². The predicted octanol–water partition coefficient (Wildman–Crippen LogP) is 4.56. The summed E-state index contributed by atoms with van der Waals surface area (Å²) in [5.41, 5.74) is 5.27. The number of pyridine rings is 1. The molecule has 6 rings (SSSR count). The Morgan fingerprint density at radius 1 is 1.05 bits per heavy atom. The Morgan fingerprint density at radius 2 is 1.85 bits per heavy atom. The Labute approximate surface area is 228 Å². The fraction of sp³-hybridized carbons (Fsp3) is 0.467. The molecule has 1 aliphatic heterocycles. The van der Waals surface area contributed by atoms with Gasteiger partial charge in [-0.15, -0.1) is 5.10 Å². The van der Waals surface area contributed by atoms with Crippen molar-refractivity contribution in [2.45, 2.75) is 58.5 Å². The van der Waals surface area contributed by atoms with Crippen LogP contribution in [0.2, 0.25) is 0 Å². The second-order valence-corrected chi connectivity index (χ2v) is 10.8. The topological polar surface area (TPSA) is 92.2 Å². The van der Waals surface area contributed by atoms with Gasteiger partial charge in [0.2, 0.25) is 0 Å². The van der Waals surface area contributed by atoms with Gasteiger partial charge in [0.05, 0.1) is 12.6 Å². The zero-order chi connectivity index (χ0) is 26.9. The normalized spacial score (nSPS) is 17.7. The number of ether oxygens (including phenoxy) is 1. The summed E-state index contributed by atoms with van der Waals surface area (Å²) in [6.45, 7) is 10.2. The zero-order valence-electron chi connectivity index (χ0n) is 23.1. The number of hydrogen-bond acceptors (Lipinski definition) is 7. The molecule has 2 aromatic heterocycles. The lowest BCUT2D eigenvalue weighted by Crippen LogP contribution is -2.49. The number of rotatable bonds is 7. The number of fused-ring (bicyclic) bond motifs is 1. The molecule has 1 atom stereocenters. The van der Waals surface area contributed by atoms with Crippen LogP contribution >= 0.6 is 0 Å². The average molecular weight is 528 g/mol. The molecule has 9 heteroatoms. The van der Waals surface area contributed by atoms with Gasteiger partial charge >= 0.3 is 0 Å². The van der Waals surface area contributed by atoms with E-state index in [9.17, 15) is 4.79 Å². The molecule has 0 spiro atoms. The summed E-state index contributed by atoms with van der Waals surface area (Å²) >= 11 is 0. The van der Waals surface area contributed by atoms with Crippen LogP contribution < -0.4 is 15.2 Å². The largest absolute Gasteiger partial charge is 0.494 e. The molecule has 1 saturated carbocycles. The number of nitrogens with one attached hydrogen (secondary N) is 1. The quantitative estimate of drug-likeness (QED) is 0.377. The van der Waals surface area contributed by atoms with Crippen LogP contribution in [0.4, 0.5) is 5.69 Å². The van der Waals surface area contributed by atoms with E-state index in [2.05, 4.69) is 62.4 Å². The Balaban J connectivity index is 1.39. The molecule has 0 unspecified atom stereocenters. The molecule has 4 aromatic rings. The van der Waals surface area contributed by atoms with Gasteiger partial charge in [-0.1, -0.05) is 25.0 Å². The lowest BCUT2D eigenvalue weighted by atomic mass is 10.0. The summed E-state index contributed by atoms with van der Waals surface area (Å²) in [7, 11) is 0. The van der Waals surface area contributed by atoms with E-state index in [1.807, 2.05) is 35.9 Å². The van der Waals surface area contributed by atoms with Crippen molar-refractivity contribution < 1.29 is 4.74 Å². The van der Waals surface area contributed by atoms with Gasteiger partial charge in [0.25, 0.3) is 5.56 Å². The highest BCUT2D eigenvalue weighted by Crippen LogP contribution is 2.35. The van der Waals surface area contributed by atoms with E-state index in [1.54, 1.807) is 0 Å². The third kappa shape index (κ3) is 4.91. The van der Waals surface area contributed by atoms with Crippen LogP contribution in [0.5, 0.6) is 5.75 Å². The minimum Gasteiger partial charge on any atom is -0.494 e. The van der Waals surface area contributed by atoms with Crippen molar-refractivity contribution in [2.75, 3.05) is 37.7 Å². The van der Waals surface area contributed by atoms with Gasteiger partial charge in [0.1, 0.15) is 11.8 Å². The molecule has 1 saturated heterocycles. The van der Waals surface area contributed by atoms with Gasteiger partial charge in [-0.3, -0.25) is 9.69 Å². The molecule has 0 bridgehead atoms. The summed E-state index contributed by atoms with van der Waals surface area (Å²) in [5, 5.41) is 14.0. The van der Waals surface area contributed by atoms with Crippen molar-refractivity contribution in [1.82, 2.24) is 30.1 Å². The molecule has 0 radical (unpaired) electrons. The summed E-state index contributed by atoms with van der Waals surface area (Å²) in [6.07, 6.45) is 4.49. The monoisotopic (exact) mass is 527 g/mol. The summed E-state index contributed by atoms with van der Waals surface area (Å²) in [4.78, 5) is 21.6. The van der Waals surface area contributed by atoms with Gasteiger partial charge < -0.3 is 14.6 Å². The molecule has 2 aromatic carbocycles. The number of aromatic nitrogens is 5. The lowest BCUT2D eigenvalue weighted by Gasteiger charge is -2.40. The van der Waals surface area contributed by atoms with Crippen LogP contribution in [0.15, 0.2) is 47.3 Å². The van der Waals surface area contributed by atoms with Crippen molar-refractivity contribution in [1.29, 1.82) is 0 Å². The first kappa shape index (κ1) is 25.6. The van der Waals surface area contributed by atoms with Crippen molar-refractivity contribution >= 4 is 16.6 Å². The standard InChI is InChI=1S/C30H37N7O2/c1-4-39-24-12-13-26-22(18-24)19-25(30(38)31-26)28(29-32-33-34-37(29)23-9-5-6-10-23)36-16-14-35(15-17-36)27-11-7-8-20(2)21(27)3/h7-8,11-13,18-19,23,28H,4-6,9-10,14-17H2,1-3H3,(H,31,38)/t28-/m1/s1. The van der Waals surface area contributed by atoms with Crippen LogP contribution in [-0.4, -0.2) is 62.9 Å². The van der Waals surface area contributed by atoms with Crippen molar-refractivity contribution in [3.8, 4) is 5.75 Å². The van der Waals surface area contributed by atoms with E-state index in [0.29, 0.717) is 12.2 Å². The summed E-state index contributed by atoms with van der Waals surface area (Å²) in [5.74, 6) is 1.55. The number of nitrogens with zero attached hydrogens (tertiary/aromatic N) is 6. The van der Waals surface area contributed by atoms with Gasteiger partial charge in [-0.25, -0.2) is 4.68 Å². The number of anilines is 1. The number of H-pyrrole nitrogens is 1. The van der Waals surface area contributed by atoms with E-state index in [1.165, 1.54) is 29.7 Å². The molecule has 1 N–H and O–H groups in total. The number of aromatic amines is 1. The average Bonchev–Trinajstić information content (AvgIpc) is 3.64. The van der Waals surface area contributed by atoms with Crippen LogP contribution in [0.3, 0.4) is 0 Å². The first-order valence-corrected chi connectivity index (χ1v) is 14.2. The van der Waals surface area contributed by atoms with Gasteiger partial charge in [0, 0.05) is 48.3 Å². The van der Waals surface area contributed by atoms with Crippen molar-refractivity contribution in [3.63, 3.8) is 0 Å². The maximum Gasteiger partial charge on any atom is 0.253 e. The highest BCUT2D eigenvalue weighted by Gasteiger charge is 2.35. The number of tetrazole rings is 1. The smallest absolute Gasteiger partial charge is 0.253 e. The maximum absolute atomic E-state index is 13.6. The molecule has 9 nitrogen and oxygen atoms in total. The number of aryl methyl sites for hydroxylation is 1. The van der Waals surface area contributed by atoms with Crippen LogP contribution in [-0.2, 0) is 0 Å². The van der Waals surface area contributed by atoms with E-state index in [4.69, 9.17) is 4.74 Å². The molecule has 1 aliphatic carbocycles. The first-order valence-electron chi connectivity index (χ1n) is 14.2. The third-order valence-corrected chi connectivity index (χ3v) is 8.48. The van der Waals surface area contributed by atoms with E-state index in [-0.39, 0.29) is 17.6 Å². The minimum absolute atomic E-state index is 0.102. The van der Waals surface area contributed by atoms with Crippen LogP contribution in [0.1, 0.15) is 67.2 Å². The Hall–Kier alpha value is -3.72. The fourth-order valence-corrected chi connectivity index (χ4v) is 6.25. The predicted molar refractivity (Wildman–Crippen MR) is 153 cm³/mol. The molecule has 0 amide bonds. The lowest BCUT2D eigenvalue weighted by molar-refractivity contribution is 0.196. The molecular formula is C30H37N7O2.